The molecular weight excluding hydrogens is 442 g/mol. The number of piperazine rings is 1. The number of halogens is 1. The van der Waals surface area contributed by atoms with Gasteiger partial charge in [-0.15, -0.1) is 0 Å². The van der Waals surface area contributed by atoms with Crippen molar-refractivity contribution < 1.29 is 4.79 Å². The Labute approximate surface area is 198 Å². The molecule has 4 atom stereocenters. The lowest BCUT2D eigenvalue weighted by Crippen LogP contribution is -2.45. The van der Waals surface area contributed by atoms with Crippen LogP contribution in [-0.4, -0.2) is 81.3 Å². The second-order valence-corrected chi connectivity index (χ2v) is 9.61. The van der Waals surface area contributed by atoms with E-state index in [9.17, 15) is 4.79 Å². The van der Waals surface area contributed by atoms with Crippen molar-refractivity contribution in [2.45, 2.75) is 19.0 Å². The molecule has 11 heteroatoms. The summed E-state index contributed by atoms with van der Waals surface area (Å²) in [5, 5.41) is 11.4. The topological polar surface area (TPSA) is 117 Å². The molecule has 2 aromatic heterocycles. The van der Waals surface area contributed by atoms with Crippen LogP contribution in [0.1, 0.15) is 6.42 Å². The Hall–Kier alpha value is -2.69. The predicted molar refractivity (Wildman–Crippen MR) is 127 cm³/mol. The number of allylic oxidation sites excluding steroid dienone is 1. The number of carbonyl (C=O) groups is 1. The summed E-state index contributed by atoms with van der Waals surface area (Å²) in [6, 6.07) is -0.116. The summed E-state index contributed by atoms with van der Waals surface area (Å²) in [4.78, 5) is 25.7. The van der Waals surface area contributed by atoms with Gasteiger partial charge in [0.15, 0.2) is 5.82 Å². The number of carbonyl (C=O) groups excluding carboxylic acids is 1. The highest BCUT2D eigenvalue weighted by molar-refractivity contribution is 6.32. The molecule has 2 aromatic rings. The first-order valence-corrected chi connectivity index (χ1v) is 11.8. The minimum Gasteiger partial charge on any atom is -0.369 e. The number of fused-ring (bicyclic) bond motifs is 2. The Morgan fingerprint density at radius 1 is 1.18 bits per heavy atom. The third-order valence-electron chi connectivity index (χ3n) is 6.97. The summed E-state index contributed by atoms with van der Waals surface area (Å²) in [6.45, 7) is 6.19. The van der Waals surface area contributed by atoms with Gasteiger partial charge in [-0.2, -0.15) is 10.1 Å². The molecule has 3 aliphatic rings. The second kappa shape index (κ2) is 9.28. The van der Waals surface area contributed by atoms with Gasteiger partial charge in [-0.3, -0.25) is 14.4 Å². The van der Waals surface area contributed by atoms with Crippen molar-refractivity contribution in [2.24, 2.45) is 23.5 Å². The van der Waals surface area contributed by atoms with Gasteiger partial charge >= 0.3 is 0 Å². The van der Waals surface area contributed by atoms with Crippen LogP contribution in [0.3, 0.4) is 0 Å². The van der Waals surface area contributed by atoms with Gasteiger partial charge in [-0.1, -0.05) is 23.8 Å². The number of nitrogens with two attached hydrogens (primary N) is 1. The van der Waals surface area contributed by atoms with Gasteiger partial charge in [0.05, 0.1) is 30.5 Å². The van der Waals surface area contributed by atoms with Crippen molar-refractivity contribution in [3.63, 3.8) is 0 Å². The van der Waals surface area contributed by atoms with Crippen molar-refractivity contribution in [2.75, 3.05) is 50.4 Å². The van der Waals surface area contributed by atoms with Crippen LogP contribution in [0, 0.1) is 17.8 Å². The number of rotatable bonds is 8. The van der Waals surface area contributed by atoms with Crippen LogP contribution >= 0.6 is 11.6 Å². The minimum atomic E-state index is -0.295. The van der Waals surface area contributed by atoms with Crippen LogP contribution in [0.25, 0.3) is 0 Å². The van der Waals surface area contributed by atoms with E-state index in [1.165, 1.54) is 0 Å². The van der Waals surface area contributed by atoms with Gasteiger partial charge in [0.2, 0.25) is 11.9 Å². The molecule has 176 valence electrons. The molecule has 5 rings (SSSR count). The third kappa shape index (κ3) is 4.83. The summed E-state index contributed by atoms with van der Waals surface area (Å²) < 4.78 is 1.93. The normalized spacial score (nSPS) is 27.2. The molecule has 1 aliphatic heterocycles. The van der Waals surface area contributed by atoms with Gasteiger partial charge in [-0.05, 0) is 25.3 Å². The molecule has 3 heterocycles. The maximum Gasteiger partial charge on any atom is 0.229 e. The van der Waals surface area contributed by atoms with E-state index in [1.807, 2.05) is 10.9 Å². The fraction of sp³-hybridized carbons (Fsp3) is 0.545. The van der Waals surface area contributed by atoms with E-state index >= 15 is 0 Å². The molecule has 1 amide bonds. The van der Waals surface area contributed by atoms with Crippen molar-refractivity contribution in [3.8, 4) is 0 Å². The number of primary amides is 1. The average Bonchev–Trinajstić information content (AvgIpc) is 3.52. The number of hydrogen-bond donors (Lipinski definition) is 3. The Morgan fingerprint density at radius 2 is 1.97 bits per heavy atom. The Kier molecular flexibility index (Phi) is 6.22. The molecule has 33 heavy (non-hydrogen) atoms. The summed E-state index contributed by atoms with van der Waals surface area (Å²) in [5.74, 6) is 0.773. The van der Waals surface area contributed by atoms with Crippen molar-refractivity contribution in [3.05, 3.63) is 35.8 Å². The molecule has 2 fully saturated rings. The van der Waals surface area contributed by atoms with Crippen LogP contribution in [0.4, 0.5) is 17.5 Å². The highest BCUT2D eigenvalue weighted by Gasteiger charge is 2.47. The van der Waals surface area contributed by atoms with Crippen LogP contribution in [-0.2, 0) is 11.3 Å². The van der Waals surface area contributed by atoms with Crippen LogP contribution < -0.4 is 16.4 Å². The summed E-state index contributed by atoms with van der Waals surface area (Å²) >= 11 is 6.36. The van der Waals surface area contributed by atoms with Gasteiger partial charge < -0.3 is 21.3 Å². The average molecular weight is 472 g/mol. The van der Waals surface area contributed by atoms with Gasteiger partial charge in [0.1, 0.15) is 5.02 Å². The highest BCUT2D eigenvalue weighted by atomic mass is 35.5. The fourth-order valence-electron chi connectivity index (χ4n) is 5.09. The quantitative estimate of drug-likeness (QED) is 0.495. The first kappa shape index (κ1) is 22.1. The molecule has 0 spiro atoms. The number of nitrogens with one attached hydrogen (secondary N) is 2. The number of hydrogen-bond acceptors (Lipinski definition) is 8. The lowest BCUT2D eigenvalue weighted by atomic mass is 9.88. The van der Waals surface area contributed by atoms with E-state index in [-0.39, 0.29) is 29.7 Å². The Balaban J connectivity index is 1.21. The van der Waals surface area contributed by atoms with Gasteiger partial charge in [0.25, 0.3) is 0 Å². The molecule has 0 radical (unpaired) electrons. The number of anilines is 3. The SMILES string of the molecule is CN1CCN(CCn2cc(Nc3ncc(Cl)c(N[C@H]4[C@@H](C(N)=O)[C@@H]5C=C[C@H]4C5)n3)cn2)CC1. The molecule has 0 aromatic carbocycles. The summed E-state index contributed by atoms with van der Waals surface area (Å²) in [7, 11) is 2.16. The molecule has 4 N–H and O–H groups in total. The molecule has 0 unspecified atom stereocenters. The number of aromatic nitrogens is 4. The zero-order chi connectivity index (χ0) is 22.9. The molecule has 2 bridgehead atoms. The standard InChI is InChI=1S/C22H30ClN9O/c1-30-4-6-31(7-5-30)8-9-32-13-16(11-26-32)27-22-25-12-17(23)21(29-22)28-19-15-3-2-14(10-15)18(19)20(24)33/h2-3,11-15,18-19H,4-10H2,1H3,(H2,24,33)(H2,25,27,28,29)/t14-,15+,18+,19-/m1/s1. The zero-order valence-corrected chi connectivity index (χ0v) is 19.4. The van der Waals surface area contributed by atoms with Crippen LogP contribution in [0.2, 0.25) is 5.02 Å². The number of likely N-dealkylation sites (N-methyl/N-ethyl adjacent to an activating group) is 1. The first-order chi connectivity index (χ1) is 16.0. The first-order valence-electron chi connectivity index (χ1n) is 11.4. The molecule has 1 saturated carbocycles. The Bertz CT molecular complexity index is 1030. The van der Waals surface area contributed by atoms with E-state index in [0.29, 0.717) is 16.8 Å². The van der Waals surface area contributed by atoms with E-state index in [1.54, 1.807) is 12.4 Å². The second-order valence-electron chi connectivity index (χ2n) is 9.20. The molecule has 10 nitrogen and oxygen atoms in total. The predicted octanol–water partition coefficient (Wildman–Crippen LogP) is 1.41. The Morgan fingerprint density at radius 3 is 2.76 bits per heavy atom. The smallest absolute Gasteiger partial charge is 0.229 e. The number of amides is 1. The van der Waals surface area contributed by atoms with E-state index < -0.39 is 0 Å². The van der Waals surface area contributed by atoms with Gasteiger partial charge in [0, 0.05) is 45.0 Å². The van der Waals surface area contributed by atoms with E-state index in [4.69, 9.17) is 17.3 Å². The summed E-state index contributed by atoms with van der Waals surface area (Å²) in [6.07, 6.45) is 10.4. The maximum absolute atomic E-state index is 12.0. The van der Waals surface area contributed by atoms with Crippen molar-refractivity contribution in [1.82, 2.24) is 29.5 Å². The largest absolute Gasteiger partial charge is 0.369 e. The van der Waals surface area contributed by atoms with E-state index in [0.717, 1.165) is 51.4 Å². The van der Waals surface area contributed by atoms with Crippen LogP contribution in [0.5, 0.6) is 0 Å². The maximum atomic E-state index is 12.0. The van der Waals surface area contributed by atoms with Crippen LogP contribution in [0.15, 0.2) is 30.7 Å². The molecule has 2 aliphatic carbocycles. The number of nitrogens with zero attached hydrogens (tertiary/aromatic N) is 6. The van der Waals surface area contributed by atoms with Crippen molar-refractivity contribution >= 4 is 35.0 Å². The third-order valence-corrected chi connectivity index (χ3v) is 7.24. The lowest BCUT2D eigenvalue weighted by Gasteiger charge is -2.32. The van der Waals surface area contributed by atoms with Crippen molar-refractivity contribution in [1.29, 1.82) is 0 Å². The minimum absolute atomic E-state index is 0.116. The molecular formula is C22H30ClN9O. The monoisotopic (exact) mass is 471 g/mol. The fourth-order valence-corrected chi connectivity index (χ4v) is 5.23. The van der Waals surface area contributed by atoms with E-state index in [2.05, 4.69) is 54.7 Å². The highest BCUT2D eigenvalue weighted by Crippen LogP contribution is 2.45. The summed E-state index contributed by atoms with van der Waals surface area (Å²) in [5.41, 5.74) is 6.48. The lowest BCUT2D eigenvalue weighted by molar-refractivity contribution is -0.122. The molecule has 1 saturated heterocycles. The van der Waals surface area contributed by atoms with Gasteiger partial charge in [-0.25, -0.2) is 4.98 Å². The zero-order valence-electron chi connectivity index (χ0n) is 18.7.